The number of aromatic nitrogens is 2. The van der Waals surface area contributed by atoms with Gasteiger partial charge in [-0.15, -0.1) is 0 Å². The average Bonchev–Trinajstić information content (AvgIpc) is 2.57. The molecule has 7 heteroatoms. The van der Waals surface area contributed by atoms with Crippen LogP contribution in [-0.2, 0) is 16.1 Å². The molecule has 0 atom stereocenters. The van der Waals surface area contributed by atoms with Gasteiger partial charge in [0, 0.05) is 18.5 Å². The summed E-state index contributed by atoms with van der Waals surface area (Å²) in [5, 5.41) is 8.20. The number of nitrogens with one attached hydrogen (secondary N) is 1. The molecular formula is C17H22N4O3. The average molecular weight is 330 g/mol. The molecule has 24 heavy (non-hydrogen) atoms. The van der Waals surface area contributed by atoms with E-state index in [-0.39, 0.29) is 30.5 Å². The quantitative estimate of drug-likeness (QED) is 0.844. The minimum Gasteiger partial charge on any atom is -0.355 e. The number of benzene rings is 1. The van der Waals surface area contributed by atoms with Crippen LogP contribution in [-0.4, -0.2) is 46.1 Å². The first kappa shape index (κ1) is 17.7. The Labute approximate surface area is 140 Å². The molecule has 0 saturated heterocycles. The Morgan fingerprint density at radius 1 is 1.21 bits per heavy atom. The Hall–Kier alpha value is -2.70. The number of carbonyl (C=O) groups excluding carboxylic acids is 2. The summed E-state index contributed by atoms with van der Waals surface area (Å²) in [6.07, 6.45) is 0. The highest BCUT2D eigenvalue weighted by atomic mass is 16.2. The molecule has 1 N–H and O–H groups in total. The number of likely N-dealkylation sites (N-methyl/N-ethyl adjacent to an activating group) is 2. The Morgan fingerprint density at radius 2 is 1.88 bits per heavy atom. The number of carbonyl (C=O) groups is 2. The van der Waals surface area contributed by atoms with Gasteiger partial charge < -0.3 is 10.2 Å². The van der Waals surface area contributed by atoms with Crippen LogP contribution in [0.4, 0.5) is 0 Å². The fraction of sp³-hybridized carbons (Fsp3) is 0.412. The fourth-order valence-electron chi connectivity index (χ4n) is 2.54. The van der Waals surface area contributed by atoms with Crippen LogP contribution in [0.3, 0.4) is 0 Å². The molecule has 1 aromatic carbocycles. The molecule has 0 bridgehead atoms. The predicted molar refractivity (Wildman–Crippen MR) is 91.7 cm³/mol. The molecule has 0 aliphatic carbocycles. The standard InChI is InChI=1S/C17H22N4O3/c1-4-18-15(22)10-20(5-2)16(23)11-21-17(24)14-9-7-6-8-13(14)12(3)19-21/h6-9H,4-5,10-11H2,1-3H3,(H,18,22). The van der Waals surface area contributed by atoms with Gasteiger partial charge in [-0.25, -0.2) is 4.68 Å². The molecule has 0 fully saturated rings. The van der Waals surface area contributed by atoms with Gasteiger partial charge in [0.25, 0.3) is 5.56 Å². The molecule has 2 rings (SSSR count). The lowest BCUT2D eigenvalue weighted by atomic mass is 10.1. The summed E-state index contributed by atoms with van der Waals surface area (Å²) < 4.78 is 1.17. The van der Waals surface area contributed by atoms with Gasteiger partial charge in [0.15, 0.2) is 0 Å². The minimum atomic E-state index is -0.312. The second-order valence-corrected chi connectivity index (χ2v) is 5.46. The zero-order chi connectivity index (χ0) is 17.7. The number of aryl methyl sites for hydroxylation is 1. The molecule has 2 aromatic rings. The van der Waals surface area contributed by atoms with E-state index in [0.29, 0.717) is 24.2 Å². The van der Waals surface area contributed by atoms with E-state index in [1.54, 1.807) is 26.0 Å². The highest BCUT2D eigenvalue weighted by Gasteiger charge is 2.17. The fourth-order valence-corrected chi connectivity index (χ4v) is 2.54. The highest BCUT2D eigenvalue weighted by Crippen LogP contribution is 2.11. The number of nitrogens with zero attached hydrogens (tertiary/aromatic N) is 3. The van der Waals surface area contributed by atoms with E-state index in [9.17, 15) is 14.4 Å². The van der Waals surface area contributed by atoms with E-state index < -0.39 is 0 Å². The summed E-state index contributed by atoms with van der Waals surface area (Å²) in [5.74, 6) is -0.532. The maximum atomic E-state index is 12.5. The smallest absolute Gasteiger partial charge is 0.275 e. The van der Waals surface area contributed by atoms with Crippen LogP contribution >= 0.6 is 0 Å². The highest BCUT2D eigenvalue weighted by molar-refractivity contribution is 5.85. The third-order valence-corrected chi connectivity index (χ3v) is 3.78. The van der Waals surface area contributed by atoms with Gasteiger partial charge in [0.1, 0.15) is 6.54 Å². The molecule has 0 spiro atoms. The molecule has 0 radical (unpaired) electrons. The molecule has 1 heterocycles. The monoisotopic (exact) mass is 330 g/mol. The third-order valence-electron chi connectivity index (χ3n) is 3.78. The summed E-state index contributed by atoms with van der Waals surface area (Å²) in [6.45, 7) is 6.10. The van der Waals surface area contributed by atoms with Crippen molar-refractivity contribution in [3.05, 3.63) is 40.3 Å². The summed E-state index contributed by atoms with van der Waals surface area (Å²) in [4.78, 5) is 38.0. The van der Waals surface area contributed by atoms with Crippen molar-refractivity contribution in [2.24, 2.45) is 0 Å². The molecule has 7 nitrogen and oxygen atoms in total. The second kappa shape index (κ2) is 7.72. The molecule has 0 aliphatic heterocycles. The normalized spacial score (nSPS) is 10.6. The number of hydrogen-bond donors (Lipinski definition) is 1. The maximum absolute atomic E-state index is 12.5. The number of hydrogen-bond acceptors (Lipinski definition) is 4. The first-order valence-corrected chi connectivity index (χ1v) is 7.98. The van der Waals surface area contributed by atoms with E-state index in [1.165, 1.54) is 9.58 Å². The summed E-state index contributed by atoms with van der Waals surface area (Å²) in [7, 11) is 0. The van der Waals surface area contributed by atoms with E-state index >= 15 is 0 Å². The topological polar surface area (TPSA) is 84.3 Å². The van der Waals surface area contributed by atoms with Crippen LogP contribution in [0.15, 0.2) is 29.1 Å². The van der Waals surface area contributed by atoms with Crippen LogP contribution in [0.1, 0.15) is 19.5 Å². The molecule has 1 aromatic heterocycles. The van der Waals surface area contributed by atoms with E-state index in [1.807, 2.05) is 19.1 Å². The van der Waals surface area contributed by atoms with Gasteiger partial charge in [0.05, 0.1) is 17.6 Å². The second-order valence-electron chi connectivity index (χ2n) is 5.46. The van der Waals surface area contributed by atoms with Crippen LogP contribution in [0.25, 0.3) is 10.8 Å². The van der Waals surface area contributed by atoms with E-state index in [4.69, 9.17) is 0 Å². The Balaban J connectivity index is 2.25. The van der Waals surface area contributed by atoms with Gasteiger partial charge in [-0.2, -0.15) is 5.10 Å². The van der Waals surface area contributed by atoms with Gasteiger partial charge in [0.2, 0.25) is 11.8 Å². The minimum absolute atomic E-state index is 0.0233. The SMILES string of the molecule is CCNC(=O)CN(CC)C(=O)Cn1nc(C)c2ccccc2c1=O. The number of amides is 2. The summed E-state index contributed by atoms with van der Waals surface area (Å²) in [5.41, 5.74) is 0.378. The van der Waals surface area contributed by atoms with Crippen molar-refractivity contribution in [1.82, 2.24) is 20.0 Å². The zero-order valence-electron chi connectivity index (χ0n) is 14.2. The van der Waals surface area contributed by atoms with Crippen molar-refractivity contribution in [3.63, 3.8) is 0 Å². The van der Waals surface area contributed by atoms with Crippen molar-refractivity contribution in [2.75, 3.05) is 19.6 Å². The zero-order valence-corrected chi connectivity index (χ0v) is 14.2. The molecule has 2 amide bonds. The van der Waals surface area contributed by atoms with Gasteiger partial charge in [-0.3, -0.25) is 14.4 Å². The maximum Gasteiger partial charge on any atom is 0.275 e. The molecule has 0 saturated carbocycles. The summed E-state index contributed by atoms with van der Waals surface area (Å²) >= 11 is 0. The number of rotatable bonds is 6. The van der Waals surface area contributed by atoms with Gasteiger partial charge >= 0.3 is 0 Å². The third kappa shape index (κ3) is 3.79. The predicted octanol–water partition coefficient (Wildman–Crippen LogP) is 0.690. The summed E-state index contributed by atoms with van der Waals surface area (Å²) in [6, 6.07) is 7.18. The number of fused-ring (bicyclic) bond motifs is 1. The van der Waals surface area contributed by atoms with Crippen molar-refractivity contribution in [1.29, 1.82) is 0 Å². The van der Waals surface area contributed by atoms with E-state index in [0.717, 1.165) is 5.39 Å². The first-order valence-electron chi connectivity index (χ1n) is 7.98. The first-order chi connectivity index (χ1) is 11.5. The van der Waals surface area contributed by atoms with Crippen molar-refractivity contribution >= 4 is 22.6 Å². The Morgan fingerprint density at radius 3 is 2.50 bits per heavy atom. The Kier molecular flexibility index (Phi) is 5.68. The van der Waals surface area contributed by atoms with Crippen molar-refractivity contribution in [3.8, 4) is 0 Å². The van der Waals surface area contributed by atoms with Crippen molar-refractivity contribution in [2.45, 2.75) is 27.3 Å². The lowest BCUT2D eigenvalue weighted by Gasteiger charge is -2.20. The van der Waals surface area contributed by atoms with Crippen LogP contribution in [0.5, 0.6) is 0 Å². The van der Waals surface area contributed by atoms with Crippen LogP contribution in [0.2, 0.25) is 0 Å². The largest absolute Gasteiger partial charge is 0.355 e. The molecule has 0 unspecified atom stereocenters. The molecule has 128 valence electrons. The van der Waals surface area contributed by atoms with Crippen molar-refractivity contribution < 1.29 is 9.59 Å². The van der Waals surface area contributed by atoms with Crippen LogP contribution < -0.4 is 10.9 Å². The Bertz CT molecular complexity index is 813. The lowest BCUT2D eigenvalue weighted by Crippen LogP contribution is -2.43. The van der Waals surface area contributed by atoms with Crippen LogP contribution in [0, 0.1) is 6.92 Å². The molecular weight excluding hydrogens is 308 g/mol. The lowest BCUT2D eigenvalue weighted by molar-refractivity contribution is -0.136. The molecule has 0 aliphatic rings. The van der Waals surface area contributed by atoms with E-state index in [2.05, 4.69) is 10.4 Å². The van der Waals surface area contributed by atoms with Gasteiger partial charge in [-0.1, -0.05) is 18.2 Å². The van der Waals surface area contributed by atoms with Gasteiger partial charge in [-0.05, 0) is 26.8 Å².